The molecular weight excluding hydrogens is 881 g/mol. The second-order valence-electron chi connectivity index (χ2n) is 15.7. The van der Waals surface area contributed by atoms with Gasteiger partial charge in [-0.15, -0.1) is 0 Å². The van der Waals surface area contributed by atoms with Gasteiger partial charge in [0.25, 0.3) is 0 Å². The van der Waals surface area contributed by atoms with E-state index in [0.29, 0.717) is 182 Å². The van der Waals surface area contributed by atoms with Crippen LogP contribution in [0, 0.1) is 0 Å². The first-order chi connectivity index (χ1) is 33.9. The highest BCUT2D eigenvalue weighted by atomic mass is 16.6. The minimum Gasteiger partial charge on any atom is -0.491 e. The molecule has 0 saturated carbocycles. The summed E-state index contributed by atoms with van der Waals surface area (Å²) >= 11 is 0. The highest BCUT2D eigenvalue weighted by Gasteiger charge is 2.23. The van der Waals surface area contributed by atoms with Crippen LogP contribution in [0.3, 0.4) is 0 Å². The minimum absolute atomic E-state index is 0.279. The Morgan fingerprint density at radius 2 is 0.368 bits per heavy atom. The van der Waals surface area contributed by atoms with Crippen LogP contribution < -0.4 is 18.9 Å². The molecule has 3 aliphatic heterocycles. The molecule has 7 rings (SSSR count). The molecule has 0 bridgehead atoms. The fraction of sp³-hybridized carbons (Fsp3) is 0.538. The van der Waals surface area contributed by atoms with Crippen molar-refractivity contribution in [1.29, 1.82) is 0 Å². The molecule has 16 nitrogen and oxygen atoms in total. The van der Waals surface area contributed by atoms with Crippen LogP contribution in [0.2, 0.25) is 0 Å². The first-order valence-electron chi connectivity index (χ1n) is 23.8. The molecule has 3 aliphatic rings. The van der Waals surface area contributed by atoms with Crippen molar-refractivity contribution >= 4 is 0 Å². The lowest BCUT2D eigenvalue weighted by molar-refractivity contribution is -0.0136. The van der Waals surface area contributed by atoms with Crippen molar-refractivity contribution in [1.82, 2.24) is 0 Å². The molecule has 0 spiro atoms. The van der Waals surface area contributed by atoms with E-state index in [9.17, 15) is 0 Å². The van der Waals surface area contributed by atoms with Gasteiger partial charge in [0.1, 0.15) is 49.4 Å². The van der Waals surface area contributed by atoms with Gasteiger partial charge in [-0.3, -0.25) is 0 Å². The third-order valence-corrected chi connectivity index (χ3v) is 10.9. The van der Waals surface area contributed by atoms with Gasteiger partial charge in [-0.2, -0.15) is 0 Å². The zero-order chi connectivity index (χ0) is 46.5. The normalized spacial score (nSPS) is 19.6. The summed E-state index contributed by atoms with van der Waals surface area (Å²) < 4.78 is 97.5. The van der Waals surface area contributed by atoms with Crippen LogP contribution in [-0.2, 0) is 83.3 Å². The fourth-order valence-electron chi connectivity index (χ4n) is 7.73. The van der Waals surface area contributed by atoms with Crippen LogP contribution in [0.4, 0.5) is 0 Å². The van der Waals surface area contributed by atoms with Gasteiger partial charge >= 0.3 is 0 Å². The molecule has 4 aromatic rings. The predicted octanol–water partition coefficient (Wildman–Crippen LogP) is 6.48. The van der Waals surface area contributed by atoms with E-state index < -0.39 is 0 Å². The Morgan fingerprint density at radius 3 is 0.574 bits per heavy atom. The van der Waals surface area contributed by atoms with Crippen LogP contribution in [0.25, 0.3) is 22.3 Å². The number of ether oxygens (including phenoxy) is 16. The van der Waals surface area contributed by atoms with Crippen molar-refractivity contribution in [3.8, 4) is 45.3 Å². The van der Waals surface area contributed by atoms with Gasteiger partial charge in [0, 0.05) is 22.3 Å². The highest BCUT2D eigenvalue weighted by Crippen LogP contribution is 2.44. The fourth-order valence-corrected chi connectivity index (χ4v) is 7.73. The standard InChI is InChI=1S/C52H68O16/c1-5-41-37-61-25-21-55-17-13-53-14-18-56-22-26-62-38-42-6-2-10-46-50(42)49(41)45(9-1)65-33-29-59-30-35-67-47-11-3-7-43-39-63-27-23-57-19-15-54-16-20-58-24-28-64-40-44-8-4-12-48(52(44)51(43)47)68-36-32-60-31-34-66-46/h1-12H,13-40H2. The van der Waals surface area contributed by atoms with Crippen LogP contribution in [0.15, 0.2) is 72.8 Å². The Balaban J connectivity index is 1.14. The first-order valence-corrected chi connectivity index (χ1v) is 23.8. The van der Waals surface area contributed by atoms with Crippen LogP contribution in [0.5, 0.6) is 23.0 Å². The number of hydrogen-bond acceptors (Lipinski definition) is 16. The minimum atomic E-state index is 0.279. The van der Waals surface area contributed by atoms with E-state index in [-0.39, 0.29) is 26.4 Å². The van der Waals surface area contributed by atoms with Gasteiger partial charge < -0.3 is 75.8 Å². The molecule has 0 atom stereocenters. The van der Waals surface area contributed by atoms with E-state index in [1.54, 1.807) is 0 Å². The molecule has 0 unspecified atom stereocenters. The van der Waals surface area contributed by atoms with Gasteiger partial charge in [-0.25, -0.2) is 0 Å². The Bertz CT molecular complexity index is 1750. The third kappa shape index (κ3) is 16.9. The molecule has 0 aliphatic carbocycles. The molecule has 0 amide bonds. The van der Waals surface area contributed by atoms with E-state index in [0.717, 1.165) is 44.5 Å². The van der Waals surface area contributed by atoms with E-state index >= 15 is 0 Å². The molecule has 3 heterocycles. The summed E-state index contributed by atoms with van der Waals surface area (Å²) in [5.41, 5.74) is 7.10. The molecule has 372 valence electrons. The van der Waals surface area contributed by atoms with Crippen LogP contribution >= 0.6 is 0 Å². The lowest BCUT2D eigenvalue weighted by Crippen LogP contribution is -2.15. The smallest absolute Gasteiger partial charge is 0.127 e. The number of rotatable bonds is 0. The number of hydrogen-bond donors (Lipinski definition) is 0. The molecule has 0 saturated heterocycles. The topological polar surface area (TPSA) is 148 Å². The van der Waals surface area contributed by atoms with Crippen molar-refractivity contribution in [2.45, 2.75) is 26.4 Å². The van der Waals surface area contributed by atoms with E-state index in [1.165, 1.54) is 0 Å². The van der Waals surface area contributed by atoms with Crippen molar-refractivity contribution in [2.75, 3.05) is 159 Å². The summed E-state index contributed by atoms with van der Waals surface area (Å²) in [5.74, 6) is 2.65. The van der Waals surface area contributed by atoms with E-state index in [2.05, 4.69) is 0 Å². The average molecular weight is 949 g/mol. The molecule has 16 heteroatoms. The van der Waals surface area contributed by atoms with Crippen molar-refractivity contribution in [2.24, 2.45) is 0 Å². The predicted molar refractivity (Wildman–Crippen MR) is 251 cm³/mol. The molecule has 0 fully saturated rings. The maximum Gasteiger partial charge on any atom is 0.127 e. The van der Waals surface area contributed by atoms with E-state index in [1.807, 2.05) is 72.8 Å². The monoisotopic (exact) mass is 948 g/mol. The van der Waals surface area contributed by atoms with Crippen LogP contribution in [0.1, 0.15) is 22.3 Å². The Morgan fingerprint density at radius 1 is 0.191 bits per heavy atom. The lowest BCUT2D eigenvalue weighted by atomic mass is 9.93. The van der Waals surface area contributed by atoms with Crippen molar-refractivity contribution in [3.05, 3.63) is 95.1 Å². The lowest BCUT2D eigenvalue weighted by Gasteiger charge is -2.22. The maximum atomic E-state index is 6.56. The maximum absolute atomic E-state index is 6.56. The summed E-state index contributed by atoms with van der Waals surface area (Å²) in [5, 5.41) is 0. The SMILES string of the molecule is c1cc2c3c(c1)OCCOCCOc1cccc4c1-c1c(cccc1OCCOCCOc1cccc(c1-3)COCCOCCOCCOCCOC2)COCCOCCOCCOCCOC4. The third-order valence-electron chi connectivity index (χ3n) is 10.9. The van der Waals surface area contributed by atoms with Crippen molar-refractivity contribution in [3.63, 3.8) is 0 Å². The summed E-state index contributed by atoms with van der Waals surface area (Å²) in [4.78, 5) is 0. The molecule has 0 aromatic heterocycles. The zero-order valence-corrected chi connectivity index (χ0v) is 39.3. The molecule has 0 N–H and O–H groups in total. The van der Waals surface area contributed by atoms with Gasteiger partial charge in [0.2, 0.25) is 0 Å². The summed E-state index contributed by atoms with van der Waals surface area (Å²) in [6.07, 6.45) is 0. The Labute approximate surface area is 400 Å². The van der Waals surface area contributed by atoms with Gasteiger partial charge in [-0.1, -0.05) is 48.5 Å². The molecular formula is C52H68O16. The second-order valence-corrected chi connectivity index (χ2v) is 15.7. The van der Waals surface area contributed by atoms with Crippen LogP contribution in [-0.4, -0.2) is 159 Å². The van der Waals surface area contributed by atoms with Gasteiger partial charge in [0.05, 0.1) is 159 Å². The van der Waals surface area contributed by atoms with Crippen molar-refractivity contribution < 1.29 is 75.8 Å². The zero-order valence-electron chi connectivity index (χ0n) is 39.3. The summed E-state index contributed by atoms with van der Waals surface area (Å²) in [7, 11) is 0. The van der Waals surface area contributed by atoms with E-state index in [4.69, 9.17) is 75.8 Å². The Hall–Kier alpha value is -4.40. The summed E-state index contributed by atoms with van der Waals surface area (Å²) in [6.45, 7) is 10.8. The largest absolute Gasteiger partial charge is 0.491 e. The average Bonchev–Trinajstić information content (AvgIpc) is 3.35. The van der Waals surface area contributed by atoms with Gasteiger partial charge in [-0.05, 0) is 46.5 Å². The quantitative estimate of drug-likeness (QED) is 0.189. The molecule has 4 aromatic carbocycles. The van der Waals surface area contributed by atoms with Gasteiger partial charge in [0.15, 0.2) is 0 Å². The molecule has 0 radical (unpaired) electrons. The highest BCUT2D eigenvalue weighted by molar-refractivity contribution is 5.82. The summed E-state index contributed by atoms with van der Waals surface area (Å²) in [6, 6.07) is 23.9. The second kappa shape index (κ2) is 31.0. The molecule has 68 heavy (non-hydrogen) atoms. The Kier molecular flexibility index (Phi) is 23.4. The first kappa shape index (κ1) is 51.5. The number of benzene rings is 4.